The summed E-state index contributed by atoms with van der Waals surface area (Å²) in [6, 6.07) is 2.12. The van der Waals surface area contributed by atoms with E-state index in [0.29, 0.717) is 17.4 Å². The minimum absolute atomic E-state index is 0.365. The largest absolute Gasteiger partial charge is 0.267 e. The number of fused-ring (bicyclic) bond motifs is 4. The number of aryl methyl sites for hydroxylation is 1. The molecule has 21 heavy (non-hydrogen) atoms. The summed E-state index contributed by atoms with van der Waals surface area (Å²) in [4.78, 5) is 0. The fourth-order valence-corrected chi connectivity index (χ4v) is 3.97. The molecule has 0 spiro atoms. The summed E-state index contributed by atoms with van der Waals surface area (Å²) in [5.74, 6) is -2.62. The fraction of sp³-hybridized carbons (Fsp3) is 0.438. The molecule has 1 saturated carbocycles. The van der Waals surface area contributed by atoms with Gasteiger partial charge in [-0.3, -0.25) is 4.68 Å². The first kappa shape index (κ1) is 12.9. The molecule has 2 bridgehead atoms. The summed E-state index contributed by atoms with van der Waals surface area (Å²) in [6.07, 6.45) is 4.39. The molecule has 1 aromatic heterocycles. The third-order valence-electron chi connectivity index (χ3n) is 4.85. The van der Waals surface area contributed by atoms with E-state index in [0.717, 1.165) is 48.3 Å². The number of benzene rings is 1. The Morgan fingerprint density at radius 2 is 1.86 bits per heavy atom. The third kappa shape index (κ3) is 1.83. The summed E-state index contributed by atoms with van der Waals surface area (Å²) < 4.78 is 41.9. The zero-order valence-corrected chi connectivity index (χ0v) is 11.7. The Balaban J connectivity index is 1.90. The van der Waals surface area contributed by atoms with Gasteiger partial charge in [0, 0.05) is 24.1 Å². The second-order valence-corrected chi connectivity index (χ2v) is 6.17. The van der Waals surface area contributed by atoms with E-state index >= 15 is 0 Å². The Kier molecular flexibility index (Phi) is 2.68. The maximum Gasteiger partial charge on any atom is 0.194 e. The maximum absolute atomic E-state index is 13.5. The first-order valence-electron chi connectivity index (χ1n) is 7.25. The highest BCUT2D eigenvalue weighted by atomic mass is 19.2. The highest BCUT2D eigenvalue weighted by Gasteiger charge is 2.37. The van der Waals surface area contributed by atoms with E-state index in [1.54, 1.807) is 11.7 Å². The van der Waals surface area contributed by atoms with Crippen molar-refractivity contribution in [3.8, 4) is 11.3 Å². The molecule has 1 heterocycles. The highest BCUT2D eigenvalue weighted by Crippen LogP contribution is 2.48. The molecular formula is C16H15F3N2. The van der Waals surface area contributed by atoms with Crippen molar-refractivity contribution in [2.75, 3.05) is 0 Å². The van der Waals surface area contributed by atoms with Gasteiger partial charge in [-0.2, -0.15) is 5.10 Å². The topological polar surface area (TPSA) is 17.8 Å². The number of rotatable bonds is 1. The molecule has 4 rings (SSSR count). The molecule has 2 aliphatic carbocycles. The quantitative estimate of drug-likeness (QED) is 0.728. The van der Waals surface area contributed by atoms with Crippen molar-refractivity contribution in [1.29, 1.82) is 0 Å². The van der Waals surface area contributed by atoms with E-state index in [1.807, 2.05) is 0 Å². The van der Waals surface area contributed by atoms with Crippen LogP contribution in [0.4, 0.5) is 13.2 Å². The SMILES string of the molecule is Cn1nc2c(c1-c1cc(F)c(F)c(F)c1)C[C@@H]1CC[C@H]2C1. The second-order valence-electron chi connectivity index (χ2n) is 6.17. The first-order chi connectivity index (χ1) is 10.0. The molecule has 2 aliphatic rings. The van der Waals surface area contributed by atoms with Gasteiger partial charge in [0.25, 0.3) is 0 Å². The third-order valence-corrected chi connectivity index (χ3v) is 4.85. The predicted molar refractivity (Wildman–Crippen MR) is 72.3 cm³/mol. The molecule has 0 amide bonds. The van der Waals surface area contributed by atoms with E-state index in [9.17, 15) is 13.2 Å². The van der Waals surface area contributed by atoms with Gasteiger partial charge in [0.1, 0.15) is 0 Å². The van der Waals surface area contributed by atoms with Crippen LogP contribution >= 0.6 is 0 Å². The Labute approximate surface area is 120 Å². The van der Waals surface area contributed by atoms with Crippen molar-refractivity contribution in [3.63, 3.8) is 0 Å². The lowest BCUT2D eigenvalue weighted by molar-refractivity contribution is 0.447. The predicted octanol–water partition coefficient (Wildman–Crippen LogP) is 3.94. The lowest BCUT2D eigenvalue weighted by Crippen LogP contribution is -2.09. The zero-order chi connectivity index (χ0) is 14.7. The molecule has 110 valence electrons. The van der Waals surface area contributed by atoms with Crippen molar-refractivity contribution < 1.29 is 13.2 Å². The van der Waals surface area contributed by atoms with Crippen molar-refractivity contribution in [2.24, 2.45) is 13.0 Å². The maximum atomic E-state index is 13.5. The average Bonchev–Trinajstić information content (AvgIpc) is 2.98. The molecule has 5 heteroatoms. The van der Waals surface area contributed by atoms with Crippen LogP contribution in [0.5, 0.6) is 0 Å². The Hall–Kier alpha value is -1.78. The summed E-state index contributed by atoms with van der Waals surface area (Å²) in [6.45, 7) is 0. The fourth-order valence-electron chi connectivity index (χ4n) is 3.97. The monoisotopic (exact) mass is 292 g/mol. The van der Waals surface area contributed by atoms with Crippen LogP contribution in [0.2, 0.25) is 0 Å². The number of hydrogen-bond acceptors (Lipinski definition) is 1. The number of halogens is 3. The van der Waals surface area contributed by atoms with Gasteiger partial charge >= 0.3 is 0 Å². The molecule has 0 saturated heterocycles. The summed E-state index contributed by atoms with van der Waals surface area (Å²) in [5.41, 5.74) is 3.23. The van der Waals surface area contributed by atoms with Gasteiger partial charge in [-0.15, -0.1) is 0 Å². The van der Waals surface area contributed by atoms with Crippen LogP contribution in [-0.2, 0) is 13.5 Å². The lowest BCUT2D eigenvalue weighted by Gasteiger charge is -2.19. The molecule has 1 aromatic carbocycles. The second kappa shape index (κ2) is 4.36. The summed E-state index contributed by atoms with van der Waals surface area (Å²) in [5, 5.41) is 4.57. The number of nitrogens with zero attached hydrogens (tertiary/aromatic N) is 2. The van der Waals surface area contributed by atoms with Crippen LogP contribution in [0.25, 0.3) is 11.3 Å². The Bertz CT molecular complexity index is 712. The van der Waals surface area contributed by atoms with Gasteiger partial charge in [0.2, 0.25) is 0 Å². The number of aromatic nitrogens is 2. The van der Waals surface area contributed by atoms with Crippen LogP contribution in [0.3, 0.4) is 0 Å². The standard InChI is InChI=1S/C16H15F3N2/c1-21-16(10-6-12(17)14(19)13(18)7-10)11-5-8-2-3-9(4-8)15(11)20-21/h6-9H,2-5H2,1H3/t8-,9+/m1/s1. The van der Waals surface area contributed by atoms with Crippen molar-refractivity contribution in [1.82, 2.24) is 9.78 Å². The molecule has 0 radical (unpaired) electrons. The molecule has 0 N–H and O–H groups in total. The Morgan fingerprint density at radius 3 is 2.57 bits per heavy atom. The van der Waals surface area contributed by atoms with Gasteiger partial charge in [0.15, 0.2) is 17.5 Å². The van der Waals surface area contributed by atoms with Crippen molar-refractivity contribution >= 4 is 0 Å². The molecular weight excluding hydrogens is 277 g/mol. The van der Waals surface area contributed by atoms with Crippen LogP contribution in [0.15, 0.2) is 12.1 Å². The van der Waals surface area contributed by atoms with E-state index in [4.69, 9.17) is 0 Å². The summed E-state index contributed by atoms with van der Waals surface area (Å²) >= 11 is 0. The minimum Gasteiger partial charge on any atom is -0.267 e. The van der Waals surface area contributed by atoms with Gasteiger partial charge in [-0.1, -0.05) is 0 Å². The Morgan fingerprint density at radius 1 is 1.14 bits per heavy atom. The van der Waals surface area contributed by atoms with Crippen LogP contribution in [0.1, 0.15) is 36.4 Å². The average molecular weight is 292 g/mol. The normalized spacial score (nSPS) is 23.4. The van der Waals surface area contributed by atoms with Crippen LogP contribution < -0.4 is 0 Å². The minimum atomic E-state index is -1.42. The molecule has 0 aliphatic heterocycles. The first-order valence-corrected chi connectivity index (χ1v) is 7.25. The lowest BCUT2D eigenvalue weighted by atomic mass is 9.85. The van der Waals surface area contributed by atoms with Crippen molar-refractivity contribution in [2.45, 2.75) is 31.6 Å². The summed E-state index contributed by atoms with van der Waals surface area (Å²) in [7, 11) is 1.78. The molecule has 2 aromatic rings. The molecule has 2 nitrogen and oxygen atoms in total. The number of hydrogen-bond donors (Lipinski definition) is 0. The molecule has 2 atom stereocenters. The highest BCUT2D eigenvalue weighted by molar-refractivity contribution is 5.66. The van der Waals surface area contributed by atoms with E-state index < -0.39 is 17.5 Å². The van der Waals surface area contributed by atoms with Crippen LogP contribution in [-0.4, -0.2) is 9.78 Å². The molecule has 0 unspecified atom stereocenters. The van der Waals surface area contributed by atoms with Gasteiger partial charge in [0.05, 0.1) is 11.4 Å². The smallest absolute Gasteiger partial charge is 0.194 e. The van der Waals surface area contributed by atoms with E-state index in [-0.39, 0.29) is 0 Å². The van der Waals surface area contributed by atoms with Gasteiger partial charge in [-0.05, 0) is 43.7 Å². The van der Waals surface area contributed by atoms with E-state index in [1.165, 1.54) is 6.42 Å². The molecule has 1 fully saturated rings. The van der Waals surface area contributed by atoms with E-state index in [2.05, 4.69) is 5.10 Å². The van der Waals surface area contributed by atoms with Gasteiger partial charge < -0.3 is 0 Å². The zero-order valence-electron chi connectivity index (χ0n) is 11.7. The van der Waals surface area contributed by atoms with Crippen molar-refractivity contribution in [3.05, 3.63) is 40.8 Å². The van der Waals surface area contributed by atoms with Gasteiger partial charge in [-0.25, -0.2) is 13.2 Å². The van der Waals surface area contributed by atoms with Crippen LogP contribution in [0, 0.1) is 23.4 Å².